The summed E-state index contributed by atoms with van der Waals surface area (Å²) >= 11 is 1.82. The third-order valence-corrected chi connectivity index (χ3v) is 9.10. The van der Waals surface area contributed by atoms with Crippen molar-refractivity contribution in [2.24, 2.45) is 0 Å². The van der Waals surface area contributed by atoms with Crippen molar-refractivity contribution in [1.29, 1.82) is 0 Å². The van der Waals surface area contributed by atoms with Crippen LogP contribution in [0.15, 0.2) is 53.6 Å². The molecule has 1 N–H and O–H groups in total. The fourth-order valence-electron chi connectivity index (χ4n) is 5.55. The number of hydrogen-bond acceptors (Lipinski definition) is 4. The molecule has 1 amide bonds. The molecule has 0 fully saturated rings. The van der Waals surface area contributed by atoms with Crippen molar-refractivity contribution >= 4 is 40.3 Å². The first-order valence-corrected chi connectivity index (χ1v) is 17.5. The van der Waals surface area contributed by atoms with E-state index in [2.05, 4.69) is 68.4 Å². The molecule has 2 aromatic carbocycles. The van der Waals surface area contributed by atoms with Crippen molar-refractivity contribution in [1.82, 2.24) is 4.90 Å². The van der Waals surface area contributed by atoms with Crippen LogP contribution < -0.4 is 10.1 Å². The van der Waals surface area contributed by atoms with Crippen LogP contribution in [0.1, 0.15) is 128 Å². The Morgan fingerprint density at radius 2 is 1.47 bits per heavy atom. The molecule has 0 bridgehead atoms. The third-order valence-electron chi connectivity index (χ3n) is 8.14. The fraction of sp³-hybridized carbons (Fsp3) is 0.595. The molecule has 0 unspecified atom stereocenters. The Morgan fingerprint density at radius 3 is 2.07 bits per heavy atom. The summed E-state index contributed by atoms with van der Waals surface area (Å²) in [5.74, 6) is 1.84. The van der Waals surface area contributed by atoms with Gasteiger partial charge in [0, 0.05) is 23.5 Å². The van der Waals surface area contributed by atoms with Gasteiger partial charge in [0.05, 0.1) is 18.9 Å². The van der Waals surface area contributed by atoms with Gasteiger partial charge in [-0.15, -0.1) is 28.7 Å². The topological polar surface area (TPSA) is 41.6 Å². The Morgan fingerprint density at radius 1 is 0.860 bits per heavy atom. The van der Waals surface area contributed by atoms with Crippen molar-refractivity contribution in [3.63, 3.8) is 0 Å². The van der Waals surface area contributed by atoms with E-state index in [9.17, 15) is 4.79 Å². The second-order valence-electron chi connectivity index (χ2n) is 12.9. The van der Waals surface area contributed by atoms with Crippen LogP contribution in [-0.4, -0.2) is 23.3 Å². The first kappa shape index (κ1) is 37.3. The smallest absolute Gasteiger partial charge is 0.228 e. The van der Waals surface area contributed by atoms with Crippen LogP contribution in [0.4, 0.5) is 5.69 Å². The minimum absolute atomic E-state index is 0. The number of carbonyl (C=O) groups excluding carboxylic acids is 1. The van der Waals surface area contributed by atoms with E-state index >= 15 is 0 Å². The summed E-state index contributed by atoms with van der Waals surface area (Å²) in [6, 6.07) is 14.4. The summed E-state index contributed by atoms with van der Waals surface area (Å²) in [4.78, 5) is 15.7. The average Bonchev–Trinajstić information content (AvgIpc) is 3.36. The summed E-state index contributed by atoms with van der Waals surface area (Å²) in [7, 11) is 0. The van der Waals surface area contributed by atoms with E-state index < -0.39 is 0 Å². The van der Waals surface area contributed by atoms with E-state index in [4.69, 9.17) is 4.74 Å². The molecular formula is C37H57BrN2O2S. The van der Waals surface area contributed by atoms with Gasteiger partial charge in [0.1, 0.15) is 5.75 Å². The molecule has 1 aliphatic heterocycles. The molecular weight excluding hydrogens is 616 g/mol. The van der Waals surface area contributed by atoms with Crippen molar-refractivity contribution in [3.05, 3.63) is 70.3 Å². The van der Waals surface area contributed by atoms with E-state index in [1.165, 1.54) is 81.9 Å². The summed E-state index contributed by atoms with van der Waals surface area (Å²) in [5, 5.41) is 5.40. The van der Waals surface area contributed by atoms with Gasteiger partial charge in [-0.25, -0.2) is 0 Å². The lowest BCUT2D eigenvalue weighted by molar-refractivity contribution is -0.115. The number of carbonyl (C=O) groups is 1. The second kappa shape index (κ2) is 20.2. The molecule has 240 valence electrons. The Balaban J connectivity index is 0.00000645. The number of thioether (sulfide) groups is 1. The number of amides is 1. The van der Waals surface area contributed by atoms with E-state index in [1.54, 1.807) is 0 Å². The third kappa shape index (κ3) is 13.3. The largest absolute Gasteiger partial charge is 0.493 e. The van der Waals surface area contributed by atoms with Crippen molar-refractivity contribution in [3.8, 4) is 5.75 Å². The predicted molar refractivity (Wildman–Crippen MR) is 193 cm³/mol. The molecule has 4 nitrogen and oxygen atoms in total. The fourth-order valence-corrected chi connectivity index (χ4v) is 6.49. The number of rotatable bonds is 19. The zero-order chi connectivity index (χ0) is 30.2. The number of benzene rings is 2. The molecule has 1 aliphatic rings. The zero-order valence-electron chi connectivity index (χ0n) is 27.5. The van der Waals surface area contributed by atoms with E-state index in [0.29, 0.717) is 13.0 Å². The van der Waals surface area contributed by atoms with Crippen LogP contribution >= 0.6 is 28.7 Å². The van der Waals surface area contributed by atoms with Crippen molar-refractivity contribution in [2.75, 3.05) is 17.8 Å². The molecule has 0 radical (unpaired) electrons. The normalized spacial score (nSPS) is 13.0. The molecule has 1 heterocycles. The highest BCUT2D eigenvalue weighted by molar-refractivity contribution is 8.93. The molecule has 0 aromatic heterocycles. The zero-order valence-corrected chi connectivity index (χ0v) is 30.0. The molecule has 0 aliphatic carbocycles. The van der Waals surface area contributed by atoms with Crippen LogP contribution in [0.3, 0.4) is 0 Å². The van der Waals surface area contributed by atoms with Gasteiger partial charge in [-0.05, 0) is 41.4 Å². The number of anilines is 1. The maximum Gasteiger partial charge on any atom is 0.228 e. The van der Waals surface area contributed by atoms with Crippen LogP contribution in [0.5, 0.6) is 5.75 Å². The molecule has 0 atom stereocenters. The van der Waals surface area contributed by atoms with Gasteiger partial charge in [0.25, 0.3) is 0 Å². The van der Waals surface area contributed by atoms with Crippen LogP contribution in [0, 0.1) is 0 Å². The van der Waals surface area contributed by atoms with Crippen molar-refractivity contribution in [2.45, 2.75) is 130 Å². The maximum atomic E-state index is 13.3. The van der Waals surface area contributed by atoms with Crippen LogP contribution in [0.2, 0.25) is 0 Å². The van der Waals surface area contributed by atoms with Gasteiger partial charge in [0.15, 0.2) is 0 Å². The highest BCUT2D eigenvalue weighted by Crippen LogP contribution is 2.35. The summed E-state index contributed by atoms with van der Waals surface area (Å²) in [6.45, 7) is 12.6. The van der Waals surface area contributed by atoms with Gasteiger partial charge in [-0.3, -0.25) is 4.79 Å². The number of halogens is 1. The lowest BCUT2D eigenvalue weighted by atomic mass is 9.84. The molecule has 0 saturated heterocycles. The monoisotopic (exact) mass is 672 g/mol. The molecule has 0 spiro atoms. The Labute approximate surface area is 277 Å². The maximum absolute atomic E-state index is 13.3. The number of para-hydroxylation sites is 2. The molecule has 43 heavy (non-hydrogen) atoms. The molecule has 2 aromatic rings. The highest BCUT2D eigenvalue weighted by Gasteiger charge is 2.23. The first-order valence-electron chi connectivity index (χ1n) is 16.5. The summed E-state index contributed by atoms with van der Waals surface area (Å²) in [5.41, 5.74) is 5.36. The molecule has 3 rings (SSSR count). The molecule has 6 heteroatoms. The van der Waals surface area contributed by atoms with Gasteiger partial charge >= 0.3 is 0 Å². The summed E-state index contributed by atoms with van der Waals surface area (Å²) in [6.07, 6.45) is 16.2. The summed E-state index contributed by atoms with van der Waals surface area (Å²) < 4.78 is 6.47. The lowest BCUT2D eigenvalue weighted by Crippen LogP contribution is -2.21. The first-order chi connectivity index (χ1) is 20.3. The van der Waals surface area contributed by atoms with Gasteiger partial charge in [-0.1, -0.05) is 135 Å². The number of hydrogen-bond donors (Lipinski definition) is 1. The number of ether oxygens (including phenoxy) is 1. The predicted octanol–water partition coefficient (Wildman–Crippen LogP) is 11.2. The van der Waals surface area contributed by atoms with Gasteiger partial charge < -0.3 is 15.0 Å². The number of nitrogens with one attached hydrogen (secondary N) is 1. The van der Waals surface area contributed by atoms with E-state index in [-0.39, 0.29) is 28.3 Å². The number of nitrogens with zero attached hydrogens (tertiary/aromatic N) is 1. The minimum atomic E-state index is -0.0654. The quantitative estimate of drug-likeness (QED) is 0.151. The Hall–Kier alpha value is -1.92. The SMILES string of the molecule is Br.CCCCCCCCCCCCCCOc1c(CC(=O)Nc2ccccc2CN2CSC=C2C)cccc1C(C)(C)C. The van der Waals surface area contributed by atoms with E-state index in [0.717, 1.165) is 41.4 Å². The van der Waals surface area contributed by atoms with Crippen LogP contribution in [-0.2, 0) is 23.2 Å². The number of unbranched alkanes of at least 4 members (excludes halogenated alkanes) is 11. The lowest BCUT2D eigenvalue weighted by Gasteiger charge is -2.25. The highest BCUT2D eigenvalue weighted by atomic mass is 79.9. The second-order valence-corrected chi connectivity index (χ2v) is 13.7. The van der Waals surface area contributed by atoms with Crippen molar-refractivity contribution < 1.29 is 9.53 Å². The Kier molecular flexibility index (Phi) is 17.5. The minimum Gasteiger partial charge on any atom is -0.493 e. The average molecular weight is 674 g/mol. The molecule has 0 saturated carbocycles. The Bertz CT molecular complexity index is 1130. The van der Waals surface area contributed by atoms with E-state index in [1.807, 2.05) is 36.0 Å². The number of allylic oxidation sites excluding steroid dienone is 1. The van der Waals surface area contributed by atoms with Gasteiger partial charge in [-0.2, -0.15) is 0 Å². The van der Waals surface area contributed by atoms with Gasteiger partial charge in [0.2, 0.25) is 5.91 Å². The van der Waals surface area contributed by atoms with Crippen LogP contribution in [0.25, 0.3) is 0 Å². The standard InChI is InChI=1S/C37H56N2O2S.BrH/c1-6-7-8-9-10-11-12-13-14-15-16-19-25-41-36-31(22-20-23-33(36)37(3,4)5)26-35(40)38-34-24-18-17-21-32(34)27-39-29-42-28-30(39)2;/h17-18,20-24,28H,6-16,19,25-27,29H2,1-5H3,(H,38,40);1H.